The summed E-state index contributed by atoms with van der Waals surface area (Å²) in [6.45, 7) is 3.28. The molecule has 2 heteroatoms. The maximum atomic E-state index is 4.39. The lowest BCUT2D eigenvalue weighted by Gasteiger charge is -2.11. The standard InChI is InChI=1S/C13H20N2/c1-2-14-13-7-6-11(10-13)9-12-5-3-4-8-15-12/h3-5,8,11,13-14H,2,6-7,9-10H2,1H3. The lowest BCUT2D eigenvalue weighted by Crippen LogP contribution is -2.25. The first kappa shape index (κ1) is 10.6. The average molecular weight is 204 g/mol. The fourth-order valence-electron chi connectivity index (χ4n) is 2.55. The molecule has 1 saturated carbocycles. The number of nitrogens with one attached hydrogen (secondary N) is 1. The summed E-state index contributed by atoms with van der Waals surface area (Å²) in [4.78, 5) is 4.39. The van der Waals surface area contributed by atoms with Crippen LogP contribution in [0.2, 0.25) is 0 Å². The van der Waals surface area contributed by atoms with Crippen LogP contribution in [0.3, 0.4) is 0 Å². The third-order valence-electron chi connectivity index (χ3n) is 3.26. The van der Waals surface area contributed by atoms with Crippen molar-refractivity contribution in [1.82, 2.24) is 10.3 Å². The molecule has 2 unspecified atom stereocenters. The minimum absolute atomic E-state index is 0.753. The van der Waals surface area contributed by atoms with Gasteiger partial charge >= 0.3 is 0 Å². The van der Waals surface area contributed by atoms with Crippen LogP contribution in [0, 0.1) is 5.92 Å². The highest BCUT2D eigenvalue weighted by Gasteiger charge is 2.23. The van der Waals surface area contributed by atoms with Gasteiger partial charge in [-0.1, -0.05) is 13.0 Å². The van der Waals surface area contributed by atoms with Crippen LogP contribution in [-0.4, -0.2) is 17.6 Å². The Morgan fingerprint density at radius 1 is 1.40 bits per heavy atom. The second-order valence-electron chi connectivity index (χ2n) is 4.46. The summed E-state index contributed by atoms with van der Waals surface area (Å²) < 4.78 is 0. The number of hydrogen-bond acceptors (Lipinski definition) is 2. The van der Waals surface area contributed by atoms with E-state index >= 15 is 0 Å². The first-order chi connectivity index (χ1) is 7.38. The molecule has 15 heavy (non-hydrogen) atoms. The highest BCUT2D eigenvalue weighted by molar-refractivity contribution is 5.05. The van der Waals surface area contributed by atoms with Crippen LogP contribution < -0.4 is 5.32 Å². The fraction of sp³-hybridized carbons (Fsp3) is 0.615. The molecule has 0 spiro atoms. The van der Waals surface area contributed by atoms with Gasteiger partial charge in [0.2, 0.25) is 0 Å². The van der Waals surface area contributed by atoms with Crippen molar-refractivity contribution in [1.29, 1.82) is 0 Å². The summed E-state index contributed by atoms with van der Waals surface area (Å²) in [6.07, 6.45) is 7.07. The molecule has 0 radical (unpaired) electrons. The van der Waals surface area contributed by atoms with Crippen molar-refractivity contribution in [3.05, 3.63) is 30.1 Å². The Hall–Kier alpha value is -0.890. The Bertz CT molecular complexity index is 284. The Kier molecular flexibility index (Phi) is 3.73. The van der Waals surface area contributed by atoms with E-state index < -0.39 is 0 Å². The molecule has 0 aliphatic heterocycles. The zero-order chi connectivity index (χ0) is 10.5. The molecule has 1 heterocycles. The van der Waals surface area contributed by atoms with E-state index in [4.69, 9.17) is 0 Å². The maximum absolute atomic E-state index is 4.39. The molecular formula is C13H20N2. The van der Waals surface area contributed by atoms with E-state index in [2.05, 4.69) is 29.4 Å². The quantitative estimate of drug-likeness (QED) is 0.814. The zero-order valence-corrected chi connectivity index (χ0v) is 9.45. The van der Waals surface area contributed by atoms with Crippen molar-refractivity contribution < 1.29 is 0 Å². The monoisotopic (exact) mass is 204 g/mol. The van der Waals surface area contributed by atoms with Gasteiger partial charge in [-0.3, -0.25) is 4.98 Å². The molecular weight excluding hydrogens is 184 g/mol. The van der Waals surface area contributed by atoms with E-state index in [1.54, 1.807) is 0 Å². The predicted octanol–water partition coefficient (Wildman–Crippen LogP) is 2.40. The van der Waals surface area contributed by atoms with E-state index in [1.807, 2.05) is 12.3 Å². The van der Waals surface area contributed by atoms with Gasteiger partial charge in [-0.25, -0.2) is 0 Å². The highest BCUT2D eigenvalue weighted by atomic mass is 14.9. The summed E-state index contributed by atoms with van der Waals surface area (Å²) >= 11 is 0. The Balaban J connectivity index is 1.82. The Morgan fingerprint density at radius 2 is 2.33 bits per heavy atom. The second-order valence-corrected chi connectivity index (χ2v) is 4.46. The third kappa shape index (κ3) is 3.03. The average Bonchev–Trinajstić information content (AvgIpc) is 2.68. The molecule has 0 aromatic carbocycles. The molecule has 82 valence electrons. The largest absolute Gasteiger partial charge is 0.314 e. The van der Waals surface area contributed by atoms with Gasteiger partial charge in [-0.15, -0.1) is 0 Å². The van der Waals surface area contributed by atoms with Crippen molar-refractivity contribution in [2.75, 3.05) is 6.54 Å². The third-order valence-corrected chi connectivity index (χ3v) is 3.26. The topological polar surface area (TPSA) is 24.9 Å². The number of hydrogen-bond donors (Lipinski definition) is 1. The molecule has 1 N–H and O–H groups in total. The molecule has 0 bridgehead atoms. The fourth-order valence-corrected chi connectivity index (χ4v) is 2.55. The first-order valence-electron chi connectivity index (χ1n) is 6.01. The van der Waals surface area contributed by atoms with Crippen molar-refractivity contribution in [2.45, 2.75) is 38.6 Å². The van der Waals surface area contributed by atoms with Gasteiger partial charge in [0.1, 0.15) is 0 Å². The summed E-state index contributed by atoms with van der Waals surface area (Å²) in [5.74, 6) is 0.837. The van der Waals surface area contributed by atoms with Crippen molar-refractivity contribution >= 4 is 0 Å². The summed E-state index contributed by atoms with van der Waals surface area (Å²) in [5.41, 5.74) is 1.25. The molecule has 2 rings (SSSR count). The summed E-state index contributed by atoms with van der Waals surface area (Å²) in [6, 6.07) is 6.96. The lowest BCUT2D eigenvalue weighted by atomic mass is 10.0. The molecule has 1 aliphatic rings. The molecule has 1 aromatic rings. The molecule has 1 aromatic heterocycles. The van der Waals surface area contributed by atoms with Crippen LogP contribution in [0.1, 0.15) is 31.9 Å². The van der Waals surface area contributed by atoms with Crippen LogP contribution in [0.4, 0.5) is 0 Å². The van der Waals surface area contributed by atoms with Gasteiger partial charge in [0.15, 0.2) is 0 Å². The van der Waals surface area contributed by atoms with E-state index in [-0.39, 0.29) is 0 Å². The van der Waals surface area contributed by atoms with Gasteiger partial charge in [0.25, 0.3) is 0 Å². The number of pyridine rings is 1. The SMILES string of the molecule is CCNC1CCC(Cc2ccccn2)C1. The number of aromatic nitrogens is 1. The van der Waals surface area contributed by atoms with Crippen LogP contribution in [0.15, 0.2) is 24.4 Å². The molecule has 1 aliphatic carbocycles. The Labute approximate surface area is 92.1 Å². The molecule has 2 atom stereocenters. The van der Waals surface area contributed by atoms with Gasteiger partial charge in [-0.05, 0) is 50.3 Å². The Morgan fingerprint density at radius 3 is 3.07 bits per heavy atom. The van der Waals surface area contributed by atoms with Crippen LogP contribution in [0.25, 0.3) is 0 Å². The summed E-state index contributed by atoms with van der Waals surface area (Å²) in [5, 5.41) is 3.54. The highest BCUT2D eigenvalue weighted by Crippen LogP contribution is 2.27. The normalized spacial score (nSPS) is 25.7. The van der Waals surface area contributed by atoms with Crippen molar-refractivity contribution in [2.24, 2.45) is 5.92 Å². The molecule has 0 amide bonds. The predicted molar refractivity (Wildman–Crippen MR) is 62.7 cm³/mol. The van der Waals surface area contributed by atoms with Crippen molar-refractivity contribution in [3.63, 3.8) is 0 Å². The lowest BCUT2D eigenvalue weighted by molar-refractivity contribution is 0.490. The second kappa shape index (κ2) is 5.26. The minimum atomic E-state index is 0.753. The van der Waals surface area contributed by atoms with E-state index in [1.165, 1.54) is 25.0 Å². The van der Waals surface area contributed by atoms with Gasteiger partial charge in [0, 0.05) is 17.9 Å². The van der Waals surface area contributed by atoms with Gasteiger partial charge in [-0.2, -0.15) is 0 Å². The van der Waals surface area contributed by atoms with Crippen molar-refractivity contribution in [3.8, 4) is 0 Å². The van der Waals surface area contributed by atoms with E-state index in [0.29, 0.717) is 0 Å². The van der Waals surface area contributed by atoms with Gasteiger partial charge in [0.05, 0.1) is 0 Å². The van der Waals surface area contributed by atoms with Gasteiger partial charge < -0.3 is 5.32 Å². The van der Waals surface area contributed by atoms with E-state index in [9.17, 15) is 0 Å². The smallest absolute Gasteiger partial charge is 0.0406 e. The number of nitrogens with zero attached hydrogens (tertiary/aromatic N) is 1. The van der Waals surface area contributed by atoms with Crippen LogP contribution >= 0.6 is 0 Å². The molecule has 2 nitrogen and oxygen atoms in total. The summed E-state index contributed by atoms with van der Waals surface area (Å²) in [7, 11) is 0. The first-order valence-corrected chi connectivity index (χ1v) is 6.01. The maximum Gasteiger partial charge on any atom is 0.0406 e. The number of rotatable bonds is 4. The molecule has 1 fully saturated rings. The zero-order valence-electron chi connectivity index (χ0n) is 9.45. The van der Waals surface area contributed by atoms with Crippen LogP contribution in [-0.2, 0) is 6.42 Å². The minimum Gasteiger partial charge on any atom is -0.314 e. The van der Waals surface area contributed by atoms with E-state index in [0.717, 1.165) is 24.9 Å². The van der Waals surface area contributed by atoms with Crippen LogP contribution in [0.5, 0.6) is 0 Å². The molecule has 0 saturated heterocycles.